The monoisotopic (exact) mass is 244 g/mol. The summed E-state index contributed by atoms with van der Waals surface area (Å²) in [4.78, 5) is 12.4. The van der Waals surface area contributed by atoms with E-state index in [1.54, 1.807) is 0 Å². The molecule has 1 spiro atoms. The Hall–Kier alpha value is -1.35. The fourth-order valence-corrected chi connectivity index (χ4v) is 3.49. The van der Waals surface area contributed by atoms with Crippen LogP contribution in [-0.2, 0) is 4.79 Å². The van der Waals surface area contributed by atoms with E-state index in [4.69, 9.17) is 0 Å². The molecule has 1 heterocycles. The Morgan fingerprint density at radius 3 is 2.72 bits per heavy atom. The molecule has 1 aromatic carbocycles. The second kappa shape index (κ2) is 4.73. The second-order valence-electron chi connectivity index (χ2n) is 5.36. The highest BCUT2D eigenvalue weighted by molar-refractivity contribution is 5.88. The number of nitrogens with one attached hydrogen (secondary N) is 2. The highest BCUT2D eigenvalue weighted by Crippen LogP contribution is 2.41. The minimum Gasteiger partial charge on any atom is -0.353 e. The Morgan fingerprint density at radius 1 is 1.11 bits per heavy atom. The van der Waals surface area contributed by atoms with Crippen LogP contribution < -0.4 is 10.6 Å². The van der Waals surface area contributed by atoms with Gasteiger partial charge in [0.2, 0.25) is 5.91 Å². The standard InChI is InChI=1S/C15H20N2O/c18-14-15(17-11-10-16-14)9-5-4-8-13(15)12-6-2-1-3-7-12/h1-3,6-7,13,17H,4-5,8-11H2,(H,16,18). The zero-order valence-electron chi connectivity index (χ0n) is 10.6. The van der Waals surface area contributed by atoms with Crippen LogP contribution in [0.5, 0.6) is 0 Å². The van der Waals surface area contributed by atoms with Crippen LogP contribution in [0.25, 0.3) is 0 Å². The number of piperazine rings is 1. The van der Waals surface area contributed by atoms with Crippen LogP contribution in [0.3, 0.4) is 0 Å². The van der Waals surface area contributed by atoms with Crippen LogP contribution in [0.1, 0.15) is 37.2 Å². The minimum absolute atomic E-state index is 0.197. The molecule has 2 aliphatic rings. The number of rotatable bonds is 1. The summed E-state index contributed by atoms with van der Waals surface area (Å²) in [5.41, 5.74) is 0.930. The van der Waals surface area contributed by atoms with Gasteiger partial charge in [0.25, 0.3) is 0 Å². The van der Waals surface area contributed by atoms with E-state index in [-0.39, 0.29) is 11.4 Å². The molecule has 0 bridgehead atoms. The third kappa shape index (κ3) is 1.83. The van der Waals surface area contributed by atoms with Gasteiger partial charge in [0.05, 0.1) is 0 Å². The number of amides is 1. The van der Waals surface area contributed by atoms with Crippen LogP contribution >= 0.6 is 0 Å². The number of benzene rings is 1. The third-order valence-corrected chi connectivity index (χ3v) is 4.37. The molecule has 1 aliphatic heterocycles. The SMILES string of the molecule is O=C1NCCNC12CCCCC2c1ccccc1. The van der Waals surface area contributed by atoms with Gasteiger partial charge in [0.1, 0.15) is 5.54 Å². The Kier molecular flexibility index (Phi) is 3.08. The lowest BCUT2D eigenvalue weighted by atomic mass is 9.68. The lowest BCUT2D eigenvalue weighted by Gasteiger charge is -2.46. The lowest BCUT2D eigenvalue weighted by Crippen LogP contribution is -2.66. The van der Waals surface area contributed by atoms with Gasteiger partial charge in [-0.1, -0.05) is 43.2 Å². The summed E-state index contributed by atoms with van der Waals surface area (Å²) < 4.78 is 0. The van der Waals surface area contributed by atoms with Crippen LogP contribution in [0.15, 0.2) is 30.3 Å². The molecular formula is C15H20N2O. The predicted molar refractivity (Wildman–Crippen MR) is 71.4 cm³/mol. The second-order valence-corrected chi connectivity index (χ2v) is 5.36. The van der Waals surface area contributed by atoms with Gasteiger partial charge in [-0.15, -0.1) is 0 Å². The summed E-state index contributed by atoms with van der Waals surface area (Å²) in [6.45, 7) is 1.64. The van der Waals surface area contributed by atoms with Crippen molar-refractivity contribution in [1.82, 2.24) is 10.6 Å². The molecular weight excluding hydrogens is 224 g/mol. The molecule has 1 amide bonds. The Labute approximate surface area is 108 Å². The number of hydrogen-bond donors (Lipinski definition) is 2. The van der Waals surface area contributed by atoms with E-state index in [1.165, 1.54) is 12.0 Å². The van der Waals surface area contributed by atoms with Gasteiger partial charge in [-0.05, 0) is 18.4 Å². The van der Waals surface area contributed by atoms with E-state index >= 15 is 0 Å². The maximum atomic E-state index is 12.4. The topological polar surface area (TPSA) is 41.1 Å². The molecule has 96 valence electrons. The highest BCUT2D eigenvalue weighted by Gasteiger charge is 2.48. The molecule has 2 unspecified atom stereocenters. The molecule has 3 rings (SSSR count). The third-order valence-electron chi connectivity index (χ3n) is 4.37. The van der Waals surface area contributed by atoms with E-state index in [2.05, 4.69) is 34.9 Å². The quantitative estimate of drug-likeness (QED) is 0.791. The molecule has 2 N–H and O–H groups in total. The smallest absolute Gasteiger partial charge is 0.240 e. The minimum atomic E-state index is -0.363. The molecule has 3 nitrogen and oxygen atoms in total. The number of carbonyl (C=O) groups excluding carboxylic acids is 1. The fraction of sp³-hybridized carbons (Fsp3) is 0.533. The Balaban J connectivity index is 1.97. The summed E-state index contributed by atoms with van der Waals surface area (Å²) in [5.74, 6) is 0.509. The van der Waals surface area contributed by atoms with Crippen LogP contribution in [0.2, 0.25) is 0 Å². The Morgan fingerprint density at radius 2 is 1.94 bits per heavy atom. The van der Waals surface area contributed by atoms with E-state index in [1.807, 2.05) is 6.07 Å². The normalized spacial score (nSPS) is 32.2. The average molecular weight is 244 g/mol. The van der Waals surface area contributed by atoms with Crippen molar-refractivity contribution in [3.8, 4) is 0 Å². The summed E-state index contributed by atoms with van der Waals surface area (Å²) in [5, 5.41) is 6.56. The van der Waals surface area contributed by atoms with Crippen molar-refractivity contribution in [1.29, 1.82) is 0 Å². The van der Waals surface area contributed by atoms with Crippen LogP contribution in [-0.4, -0.2) is 24.5 Å². The van der Waals surface area contributed by atoms with Gasteiger partial charge < -0.3 is 10.6 Å². The van der Waals surface area contributed by atoms with Gasteiger partial charge in [-0.3, -0.25) is 4.79 Å². The summed E-state index contributed by atoms with van der Waals surface area (Å²) in [6, 6.07) is 10.5. The number of carbonyl (C=O) groups is 1. The predicted octanol–water partition coefficient (Wildman–Crippen LogP) is 1.80. The van der Waals surface area contributed by atoms with Gasteiger partial charge in [0, 0.05) is 19.0 Å². The van der Waals surface area contributed by atoms with E-state index < -0.39 is 0 Å². The molecule has 0 radical (unpaired) electrons. The highest BCUT2D eigenvalue weighted by atomic mass is 16.2. The Bertz CT molecular complexity index is 425. The van der Waals surface area contributed by atoms with E-state index in [0.717, 1.165) is 32.4 Å². The van der Waals surface area contributed by atoms with Crippen molar-refractivity contribution in [3.63, 3.8) is 0 Å². The first-order valence-corrected chi connectivity index (χ1v) is 6.91. The van der Waals surface area contributed by atoms with Crippen molar-refractivity contribution in [2.45, 2.75) is 37.1 Å². The summed E-state index contributed by atoms with van der Waals surface area (Å²) in [7, 11) is 0. The zero-order chi connectivity index (χ0) is 12.4. The molecule has 18 heavy (non-hydrogen) atoms. The van der Waals surface area contributed by atoms with Crippen molar-refractivity contribution in [3.05, 3.63) is 35.9 Å². The molecule has 1 saturated heterocycles. The summed E-state index contributed by atoms with van der Waals surface area (Å²) >= 11 is 0. The maximum absolute atomic E-state index is 12.4. The van der Waals surface area contributed by atoms with Crippen molar-refractivity contribution in [2.24, 2.45) is 0 Å². The first kappa shape index (κ1) is 11.7. The zero-order valence-corrected chi connectivity index (χ0v) is 10.6. The fourth-order valence-electron chi connectivity index (χ4n) is 3.49. The van der Waals surface area contributed by atoms with Crippen molar-refractivity contribution >= 4 is 5.91 Å². The van der Waals surface area contributed by atoms with Gasteiger partial charge in [0.15, 0.2) is 0 Å². The number of hydrogen-bond acceptors (Lipinski definition) is 2. The van der Waals surface area contributed by atoms with Gasteiger partial charge >= 0.3 is 0 Å². The van der Waals surface area contributed by atoms with E-state index in [0.29, 0.717) is 5.92 Å². The first-order valence-electron chi connectivity index (χ1n) is 6.91. The van der Waals surface area contributed by atoms with Crippen LogP contribution in [0.4, 0.5) is 0 Å². The molecule has 0 aromatic heterocycles. The van der Waals surface area contributed by atoms with Crippen molar-refractivity contribution in [2.75, 3.05) is 13.1 Å². The first-order chi connectivity index (χ1) is 8.83. The molecule has 2 atom stereocenters. The van der Waals surface area contributed by atoms with Crippen molar-refractivity contribution < 1.29 is 4.79 Å². The molecule has 2 fully saturated rings. The molecule has 3 heteroatoms. The van der Waals surface area contributed by atoms with Crippen LogP contribution in [0, 0.1) is 0 Å². The molecule has 1 aliphatic carbocycles. The van der Waals surface area contributed by atoms with Gasteiger partial charge in [-0.2, -0.15) is 0 Å². The maximum Gasteiger partial charge on any atom is 0.240 e. The van der Waals surface area contributed by atoms with E-state index in [9.17, 15) is 4.79 Å². The summed E-state index contributed by atoms with van der Waals surface area (Å²) in [6.07, 6.45) is 4.42. The lowest BCUT2D eigenvalue weighted by molar-refractivity contribution is -0.131. The largest absolute Gasteiger partial charge is 0.353 e. The van der Waals surface area contributed by atoms with Gasteiger partial charge in [-0.25, -0.2) is 0 Å². The molecule has 1 saturated carbocycles. The molecule has 1 aromatic rings. The average Bonchev–Trinajstić information content (AvgIpc) is 2.44.